The van der Waals surface area contributed by atoms with E-state index in [1.807, 2.05) is 35.7 Å². The summed E-state index contributed by atoms with van der Waals surface area (Å²) in [5, 5.41) is 5.72. The van der Waals surface area contributed by atoms with Gasteiger partial charge < -0.3 is 19.5 Å². The zero-order valence-corrected chi connectivity index (χ0v) is 26.5. The highest BCUT2D eigenvalue weighted by Crippen LogP contribution is 2.14. The Kier molecular flexibility index (Phi) is 22.1. The molecule has 0 bridgehead atoms. The minimum atomic E-state index is -0.437. The Hall–Kier alpha value is -1.96. The fraction of sp³-hybridized carbons (Fsp3) is 0.706. The van der Waals surface area contributed by atoms with E-state index < -0.39 is 6.09 Å². The van der Waals surface area contributed by atoms with Crippen molar-refractivity contribution in [1.82, 2.24) is 10.3 Å². The first kappa shape index (κ1) is 35.2. The van der Waals surface area contributed by atoms with E-state index in [0.717, 1.165) is 17.0 Å². The fourth-order valence-corrected chi connectivity index (χ4v) is 5.39. The van der Waals surface area contributed by atoms with Gasteiger partial charge in [0.15, 0.2) is 0 Å². The van der Waals surface area contributed by atoms with Crippen LogP contribution in [0.2, 0.25) is 0 Å². The number of amides is 1. The molecule has 2 rings (SSSR count). The number of thiazole rings is 1. The zero-order valence-electron chi connectivity index (χ0n) is 25.7. The molecule has 0 spiro atoms. The quantitative estimate of drug-likeness (QED) is 0.105. The van der Waals surface area contributed by atoms with Crippen LogP contribution in [0.1, 0.15) is 120 Å². The van der Waals surface area contributed by atoms with Crippen molar-refractivity contribution >= 4 is 17.4 Å². The summed E-state index contributed by atoms with van der Waals surface area (Å²) in [4.78, 5) is 16.4. The number of rotatable bonds is 27. The van der Waals surface area contributed by atoms with Gasteiger partial charge in [0.1, 0.15) is 12.7 Å². The number of hydrogen-bond acceptors (Lipinski definition) is 6. The van der Waals surface area contributed by atoms with Crippen LogP contribution in [-0.4, -0.2) is 43.5 Å². The predicted molar refractivity (Wildman–Crippen MR) is 171 cm³/mol. The molecule has 1 heterocycles. The van der Waals surface area contributed by atoms with Gasteiger partial charge in [0.2, 0.25) is 0 Å². The first-order valence-corrected chi connectivity index (χ1v) is 17.2. The smallest absolute Gasteiger partial charge is 0.407 e. The molecule has 1 aromatic carbocycles. The highest BCUT2D eigenvalue weighted by atomic mass is 32.1. The molecule has 1 aromatic heterocycles. The van der Waals surface area contributed by atoms with Crippen molar-refractivity contribution in [2.75, 3.05) is 26.4 Å². The van der Waals surface area contributed by atoms with E-state index >= 15 is 0 Å². The van der Waals surface area contributed by atoms with Gasteiger partial charge in [0, 0.05) is 31.1 Å². The lowest BCUT2D eigenvalue weighted by Gasteiger charge is -2.18. The molecule has 0 fully saturated rings. The van der Waals surface area contributed by atoms with Crippen molar-refractivity contribution in [2.45, 2.75) is 129 Å². The van der Waals surface area contributed by atoms with E-state index in [-0.39, 0.29) is 12.7 Å². The molecule has 0 aliphatic carbocycles. The summed E-state index contributed by atoms with van der Waals surface area (Å²) in [7, 11) is 0. The first-order valence-electron chi connectivity index (χ1n) is 16.3. The number of hydrogen-bond donors (Lipinski definition) is 1. The van der Waals surface area contributed by atoms with Crippen molar-refractivity contribution in [3.8, 4) is 0 Å². The Morgan fingerprint density at radius 1 is 0.829 bits per heavy atom. The second kappa shape index (κ2) is 25.7. The van der Waals surface area contributed by atoms with Crippen LogP contribution < -0.4 is 5.32 Å². The monoisotopic (exact) mass is 588 g/mol. The summed E-state index contributed by atoms with van der Waals surface area (Å²) in [6, 6.07) is 10.0. The van der Waals surface area contributed by atoms with Crippen LogP contribution in [-0.2, 0) is 27.2 Å². The molecule has 0 saturated carbocycles. The lowest BCUT2D eigenvalue weighted by molar-refractivity contribution is -0.0530. The maximum Gasteiger partial charge on any atom is 0.407 e. The van der Waals surface area contributed by atoms with E-state index in [1.165, 1.54) is 96.3 Å². The van der Waals surface area contributed by atoms with E-state index in [0.29, 0.717) is 32.8 Å². The number of nitrogens with zero attached hydrogens (tertiary/aromatic N) is 1. The average Bonchev–Trinajstić information content (AvgIpc) is 3.51. The molecule has 6 nitrogen and oxygen atoms in total. The predicted octanol–water partition coefficient (Wildman–Crippen LogP) is 9.28. The number of carbonyl (C=O) groups excluding carboxylic acids is 1. The van der Waals surface area contributed by atoms with Crippen LogP contribution in [0.25, 0.3) is 0 Å². The van der Waals surface area contributed by atoms with Crippen LogP contribution in [0, 0.1) is 0 Å². The third-order valence-electron chi connectivity index (χ3n) is 7.27. The van der Waals surface area contributed by atoms with Crippen LogP contribution in [0.4, 0.5) is 4.79 Å². The highest BCUT2D eigenvalue weighted by Gasteiger charge is 2.14. The highest BCUT2D eigenvalue weighted by molar-refractivity contribution is 7.09. The summed E-state index contributed by atoms with van der Waals surface area (Å²) in [5.41, 5.74) is 1.09. The molecule has 1 atom stereocenters. The maximum atomic E-state index is 12.1. The molecule has 0 saturated heterocycles. The fourth-order valence-electron chi connectivity index (χ4n) is 4.77. The van der Waals surface area contributed by atoms with Crippen LogP contribution in [0.5, 0.6) is 0 Å². The Bertz CT molecular complexity index is 835. The number of aromatic nitrogens is 1. The lowest BCUT2D eigenvalue weighted by Crippen LogP contribution is -2.32. The number of alkyl carbamates (subject to hydrolysis) is 1. The van der Waals surface area contributed by atoms with Crippen molar-refractivity contribution in [1.29, 1.82) is 0 Å². The normalized spacial score (nSPS) is 11.9. The molecule has 41 heavy (non-hydrogen) atoms. The largest absolute Gasteiger partial charge is 0.447 e. The van der Waals surface area contributed by atoms with Gasteiger partial charge in [-0.1, -0.05) is 134 Å². The number of nitrogens with one attached hydrogen (secondary N) is 1. The minimum absolute atomic E-state index is 0.162. The molecule has 0 aliphatic rings. The van der Waals surface area contributed by atoms with Gasteiger partial charge >= 0.3 is 6.09 Å². The summed E-state index contributed by atoms with van der Waals surface area (Å²) in [6.45, 7) is 4.53. The molecule has 1 unspecified atom stereocenters. The van der Waals surface area contributed by atoms with Gasteiger partial charge in [-0.15, -0.1) is 11.3 Å². The molecular weight excluding hydrogens is 532 g/mol. The second-order valence-corrected chi connectivity index (χ2v) is 12.0. The number of carbonyl (C=O) groups is 1. The van der Waals surface area contributed by atoms with Crippen molar-refractivity contribution in [2.24, 2.45) is 0 Å². The van der Waals surface area contributed by atoms with Gasteiger partial charge in [0.05, 0.1) is 18.2 Å². The van der Waals surface area contributed by atoms with E-state index in [1.54, 1.807) is 17.5 Å². The van der Waals surface area contributed by atoms with Crippen LogP contribution >= 0.6 is 11.3 Å². The minimum Gasteiger partial charge on any atom is -0.447 e. The summed E-state index contributed by atoms with van der Waals surface area (Å²) in [6.07, 6.45) is 23.5. The van der Waals surface area contributed by atoms with E-state index in [4.69, 9.17) is 14.2 Å². The molecule has 2 aromatic rings. The third kappa shape index (κ3) is 20.5. The van der Waals surface area contributed by atoms with Gasteiger partial charge in [0.25, 0.3) is 0 Å². The van der Waals surface area contributed by atoms with Gasteiger partial charge in [-0.3, -0.25) is 0 Å². The molecular formula is C34H56N2O4S. The Morgan fingerprint density at radius 2 is 1.44 bits per heavy atom. The van der Waals surface area contributed by atoms with E-state index in [2.05, 4.69) is 17.2 Å². The Labute approximate surface area is 254 Å². The zero-order chi connectivity index (χ0) is 29.1. The molecule has 1 N–H and O–H groups in total. The lowest BCUT2D eigenvalue weighted by atomic mass is 10.0. The van der Waals surface area contributed by atoms with Crippen molar-refractivity contribution in [3.63, 3.8) is 0 Å². The molecule has 232 valence electrons. The van der Waals surface area contributed by atoms with E-state index in [9.17, 15) is 4.79 Å². The average molecular weight is 589 g/mol. The van der Waals surface area contributed by atoms with Gasteiger partial charge in [-0.2, -0.15) is 0 Å². The number of ether oxygens (including phenoxy) is 3. The maximum absolute atomic E-state index is 12.1. The SMILES string of the molecule is CCCCCCCCCCCCCCCCCCOCC(COC(=O)NCCc1nccs1)OCc1ccccc1. The Morgan fingerprint density at radius 3 is 2.02 bits per heavy atom. The standard InChI is InChI=1S/C34H56N2O4S/c1-2-3-4-5-6-7-8-9-10-11-12-13-14-15-16-20-26-38-29-32(39-28-31-21-18-17-19-22-31)30-40-34(37)36-24-23-33-35-25-27-41-33/h17-19,21-22,25,27,32H,2-16,20,23-24,26,28-30H2,1H3,(H,36,37). The van der Waals surface area contributed by atoms with Crippen molar-refractivity contribution in [3.05, 3.63) is 52.5 Å². The molecule has 0 aliphatic heterocycles. The number of benzene rings is 1. The van der Waals surface area contributed by atoms with Gasteiger partial charge in [-0.25, -0.2) is 9.78 Å². The van der Waals surface area contributed by atoms with Crippen LogP contribution in [0.3, 0.4) is 0 Å². The summed E-state index contributed by atoms with van der Waals surface area (Å²) >= 11 is 1.58. The summed E-state index contributed by atoms with van der Waals surface area (Å²) < 4.78 is 17.4. The third-order valence-corrected chi connectivity index (χ3v) is 8.11. The topological polar surface area (TPSA) is 69.7 Å². The molecule has 0 radical (unpaired) electrons. The molecule has 1 amide bonds. The number of unbranched alkanes of at least 4 members (excludes halogenated alkanes) is 15. The first-order chi connectivity index (χ1) is 20.3. The van der Waals surface area contributed by atoms with Crippen molar-refractivity contribution < 1.29 is 19.0 Å². The Balaban J connectivity index is 1.46. The van der Waals surface area contributed by atoms with Gasteiger partial charge in [-0.05, 0) is 12.0 Å². The second-order valence-electron chi connectivity index (χ2n) is 11.0. The summed E-state index contributed by atoms with van der Waals surface area (Å²) in [5.74, 6) is 0. The van der Waals surface area contributed by atoms with Crippen LogP contribution in [0.15, 0.2) is 41.9 Å². The molecule has 7 heteroatoms.